The molecule has 0 unspecified atom stereocenters. The Morgan fingerprint density at radius 2 is 0.938 bits per heavy atom. The maximum atomic E-state index is 10.1. The van der Waals surface area contributed by atoms with Crippen LogP contribution in [0.1, 0.15) is 0 Å². The molecule has 0 aromatic carbocycles. The number of hydrogen-bond donors (Lipinski definition) is 6. The average molecular weight is 339 g/mol. The Morgan fingerprint density at radius 1 is 0.750 bits per heavy atom. The van der Waals surface area contributed by atoms with Gasteiger partial charge in [0.15, 0.2) is 12.2 Å². The Labute approximate surface area is 113 Å². The van der Waals surface area contributed by atoms with Crippen LogP contribution in [0, 0.1) is 0 Å². The van der Waals surface area contributed by atoms with Gasteiger partial charge in [0.25, 0.3) is 0 Å². The second-order valence-electron chi connectivity index (χ2n) is 2.55. The number of aliphatic hydroxyl groups is 4. The standard InChI is InChI=1S/C6H10O8.Cu.Zn/c7-1(3(9)5(11)12)2(8)4(10)6(13)14;;/h1-4,7-10H,(H,11,12)(H,13,14);;/q;2*+2/t1-,2-,3-,4+;;/m0../s1. The monoisotopic (exact) mass is 337 g/mol. The van der Waals surface area contributed by atoms with Crippen LogP contribution in [0.15, 0.2) is 0 Å². The van der Waals surface area contributed by atoms with Crippen LogP contribution in [0.5, 0.6) is 0 Å². The number of carbonyl (C=O) groups is 2. The zero-order valence-electron chi connectivity index (χ0n) is 7.82. The fraction of sp³-hybridized carbons (Fsp3) is 0.667. The van der Waals surface area contributed by atoms with Gasteiger partial charge in [-0.3, -0.25) is 0 Å². The molecular weight excluding hydrogens is 329 g/mol. The Bertz CT molecular complexity index is 213. The number of hydrogen-bond acceptors (Lipinski definition) is 6. The van der Waals surface area contributed by atoms with Crippen LogP contribution in [0.25, 0.3) is 0 Å². The predicted molar refractivity (Wildman–Crippen MR) is 39.3 cm³/mol. The van der Waals surface area contributed by atoms with Gasteiger partial charge >= 0.3 is 48.5 Å². The van der Waals surface area contributed by atoms with Crippen LogP contribution in [0.2, 0.25) is 0 Å². The molecule has 91 valence electrons. The molecule has 0 aliphatic heterocycles. The molecule has 0 aliphatic rings. The maximum Gasteiger partial charge on any atom is 2.00 e. The molecule has 6 N–H and O–H groups in total. The van der Waals surface area contributed by atoms with Crippen molar-refractivity contribution >= 4 is 11.9 Å². The second kappa shape index (κ2) is 9.01. The van der Waals surface area contributed by atoms with Crippen molar-refractivity contribution in [3.63, 3.8) is 0 Å². The van der Waals surface area contributed by atoms with Crippen molar-refractivity contribution in [1.82, 2.24) is 0 Å². The van der Waals surface area contributed by atoms with Gasteiger partial charge < -0.3 is 30.6 Å². The summed E-state index contributed by atoms with van der Waals surface area (Å²) in [7, 11) is 0. The van der Waals surface area contributed by atoms with Gasteiger partial charge in [-0.2, -0.15) is 0 Å². The van der Waals surface area contributed by atoms with Crippen LogP contribution in [-0.2, 0) is 46.1 Å². The van der Waals surface area contributed by atoms with Crippen LogP contribution >= 0.6 is 0 Å². The number of carboxylic acids is 2. The van der Waals surface area contributed by atoms with E-state index in [0.29, 0.717) is 0 Å². The molecule has 16 heavy (non-hydrogen) atoms. The summed E-state index contributed by atoms with van der Waals surface area (Å²) in [5.41, 5.74) is 0. The molecule has 4 atom stereocenters. The van der Waals surface area contributed by atoms with Crippen molar-refractivity contribution in [3.05, 3.63) is 0 Å². The Balaban J connectivity index is -0.000000845. The Hall–Kier alpha value is -0.0771. The first kappa shape index (κ1) is 21.2. The Morgan fingerprint density at radius 3 is 1.06 bits per heavy atom. The molecule has 1 radical (unpaired) electrons. The molecule has 8 nitrogen and oxygen atoms in total. The van der Waals surface area contributed by atoms with Crippen molar-refractivity contribution < 1.29 is 76.8 Å². The summed E-state index contributed by atoms with van der Waals surface area (Å²) in [5.74, 6) is -3.68. The topological polar surface area (TPSA) is 156 Å². The van der Waals surface area contributed by atoms with Crippen LogP contribution < -0.4 is 0 Å². The van der Waals surface area contributed by atoms with Gasteiger partial charge in [-0.1, -0.05) is 0 Å². The van der Waals surface area contributed by atoms with Gasteiger partial charge in [0.05, 0.1) is 0 Å². The van der Waals surface area contributed by atoms with Crippen molar-refractivity contribution in [3.8, 4) is 0 Å². The van der Waals surface area contributed by atoms with E-state index >= 15 is 0 Å². The number of carboxylic acid groups (broad SMARTS) is 2. The minimum absolute atomic E-state index is 0. The molecule has 0 fully saturated rings. The minimum atomic E-state index is -2.36. The first-order valence-electron chi connectivity index (χ1n) is 3.47. The fourth-order valence-corrected chi connectivity index (χ4v) is 0.666. The third kappa shape index (κ3) is 5.86. The van der Waals surface area contributed by atoms with Crippen LogP contribution in [-0.4, -0.2) is 67.0 Å². The van der Waals surface area contributed by atoms with E-state index in [9.17, 15) is 9.59 Å². The first-order chi connectivity index (χ1) is 6.29. The summed E-state index contributed by atoms with van der Waals surface area (Å²) in [5, 5.41) is 51.5. The third-order valence-corrected chi connectivity index (χ3v) is 1.50. The first-order valence-corrected chi connectivity index (χ1v) is 3.47. The van der Waals surface area contributed by atoms with Crippen LogP contribution in [0.4, 0.5) is 0 Å². The summed E-state index contributed by atoms with van der Waals surface area (Å²) in [6.45, 7) is 0. The van der Waals surface area contributed by atoms with Gasteiger partial charge in [0, 0.05) is 0 Å². The molecule has 0 aliphatic carbocycles. The fourth-order valence-electron chi connectivity index (χ4n) is 0.666. The van der Waals surface area contributed by atoms with Crippen molar-refractivity contribution in [2.45, 2.75) is 24.4 Å². The average Bonchev–Trinajstić information content (AvgIpc) is 2.12. The molecule has 0 aromatic heterocycles. The number of aliphatic hydroxyl groups excluding tert-OH is 4. The third-order valence-electron chi connectivity index (χ3n) is 1.50. The molecule has 0 saturated carbocycles. The molecule has 0 saturated heterocycles. The molecule has 0 amide bonds. The quantitative estimate of drug-likeness (QED) is 0.283. The van der Waals surface area contributed by atoms with Crippen molar-refractivity contribution in [2.24, 2.45) is 0 Å². The molecular formula is C6H10CuO8Zn+4. The summed E-state index contributed by atoms with van der Waals surface area (Å²) in [4.78, 5) is 20.2. The number of rotatable bonds is 5. The van der Waals surface area contributed by atoms with Gasteiger partial charge in [-0.05, 0) is 0 Å². The van der Waals surface area contributed by atoms with Gasteiger partial charge in [-0.15, -0.1) is 0 Å². The minimum Gasteiger partial charge on any atom is -0.479 e. The molecule has 0 rings (SSSR count). The van der Waals surface area contributed by atoms with Crippen molar-refractivity contribution in [1.29, 1.82) is 0 Å². The SMILES string of the molecule is O=C(O)[C@@H](O)[C@@H](O)[C@H](O)[C@@H](O)C(=O)O.[Cu+2].[Zn+2]. The summed E-state index contributed by atoms with van der Waals surface area (Å²) < 4.78 is 0. The molecule has 0 heterocycles. The van der Waals surface area contributed by atoms with E-state index in [0.717, 1.165) is 0 Å². The predicted octanol–water partition coefficient (Wildman–Crippen LogP) is -3.41. The molecule has 0 aromatic rings. The van der Waals surface area contributed by atoms with E-state index in [1.165, 1.54) is 0 Å². The van der Waals surface area contributed by atoms with E-state index in [1.54, 1.807) is 0 Å². The van der Waals surface area contributed by atoms with E-state index in [4.69, 9.17) is 30.6 Å². The summed E-state index contributed by atoms with van der Waals surface area (Å²) in [6, 6.07) is 0. The van der Waals surface area contributed by atoms with Gasteiger partial charge in [-0.25, -0.2) is 9.59 Å². The van der Waals surface area contributed by atoms with E-state index in [-0.39, 0.29) is 36.5 Å². The van der Waals surface area contributed by atoms with E-state index < -0.39 is 36.4 Å². The second-order valence-corrected chi connectivity index (χ2v) is 2.55. The summed E-state index contributed by atoms with van der Waals surface area (Å²) in [6.07, 6.45) is -9.28. The Kier molecular flexibility index (Phi) is 12.0. The van der Waals surface area contributed by atoms with Crippen molar-refractivity contribution in [2.75, 3.05) is 0 Å². The van der Waals surface area contributed by atoms with Gasteiger partial charge in [0.1, 0.15) is 12.2 Å². The number of aliphatic carboxylic acids is 2. The largest absolute Gasteiger partial charge is 2.00 e. The zero-order valence-corrected chi connectivity index (χ0v) is 11.7. The maximum absolute atomic E-state index is 10.1. The molecule has 0 bridgehead atoms. The summed E-state index contributed by atoms with van der Waals surface area (Å²) >= 11 is 0. The van der Waals surface area contributed by atoms with E-state index in [2.05, 4.69) is 0 Å². The zero-order chi connectivity index (χ0) is 11.5. The molecule has 0 spiro atoms. The smallest absolute Gasteiger partial charge is 0.479 e. The van der Waals surface area contributed by atoms with E-state index in [1.807, 2.05) is 0 Å². The van der Waals surface area contributed by atoms with Crippen LogP contribution in [0.3, 0.4) is 0 Å². The normalized spacial score (nSPS) is 17.0. The van der Waals surface area contributed by atoms with Gasteiger partial charge in [0.2, 0.25) is 0 Å². The molecule has 10 heteroatoms.